The van der Waals surface area contributed by atoms with Crippen LogP contribution in [0.5, 0.6) is 0 Å². The highest BCUT2D eigenvalue weighted by Gasteiger charge is 2.48. The highest BCUT2D eigenvalue weighted by molar-refractivity contribution is 5.83. The van der Waals surface area contributed by atoms with Crippen LogP contribution in [0.4, 0.5) is 0 Å². The number of fused-ring (bicyclic) bond motifs is 6. The summed E-state index contributed by atoms with van der Waals surface area (Å²) in [6.07, 6.45) is 9.68. The van der Waals surface area contributed by atoms with E-state index < -0.39 is 0 Å². The molecule has 4 rings (SSSR count). The van der Waals surface area contributed by atoms with Gasteiger partial charge in [-0.2, -0.15) is 0 Å². The van der Waals surface area contributed by atoms with Crippen LogP contribution in [0, 0.1) is 11.8 Å². The van der Waals surface area contributed by atoms with Crippen LogP contribution < -0.4 is 0 Å². The molecule has 0 saturated carbocycles. The minimum absolute atomic E-state index is 0.305. The molecule has 3 saturated heterocycles. The van der Waals surface area contributed by atoms with Crippen molar-refractivity contribution in [1.82, 2.24) is 9.80 Å². The molecule has 18 heavy (non-hydrogen) atoms. The molecule has 4 aliphatic rings. The molecule has 0 N–H and O–H groups in total. The number of hydrogen-bond donors (Lipinski definition) is 0. The zero-order chi connectivity index (χ0) is 12.1. The number of hydrogen-bond acceptors (Lipinski definition) is 2. The second-order valence-electron chi connectivity index (χ2n) is 6.36. The predicted octanol–water partition coefficient (Wildman–Crippen LogP) is 2.00. The van der Waals surface area contributed by atoms with E-state index in [-0.39, 0.29) is 0 Å². The molecule has 0 aromatic heterocycles. The van der Waals surface area contributed by atoms with Gasteiger partial charge in [0.2, 0.25) is 5.91 Å². The van der Waals surface area contributed by atoms with Crippen LogP contribution >= 0.6 is 0 Å². The van der Waals surface area contributed by atoms with Crippen molar-refractivity contribution in [3.05, 3.63) is 11.8 Å². The van der Waals surface area contributed by atoms with Crippen molar-refractivity contribution in [2.24, 2.45) is 11.8 Å². The molecule has 4 aliphatic heterocycles. The van der Waals surface area contributed by atoms with Crippen LogP contribution in [-0.2, 0) is 4.79 Å². The summed E-state index contributed by atoms with van der Waals surface area (Å²) in [7, 11) is 0. The van der Waals surface area contributed by atoms with Crippen LogP contribution in [0.25, 0.3) is 0 Å². The van der Waals surface area contributed by atoms with E-state index in [9.17, 15) is 4.79 Å². The Bertz CT molecular complexity index is 403. The van der Waals surface area contributed by atoms with E-state index in [0.29, 0.717) is 23.8 Å². The smallest absolute Gasteiger partial charge is 0.231 e. The van der Waals surface area contributed by atoms with Gasteiger partial charge in [-0.1, -0.05) is 12.5 Å². The third-order valence-corrected chi connectivity index (χ3v) is 5.37. The molecule has 0 aromatic rings. The van der Waals surface area contributed by atoms with E-state index in [1.807, 2.05) is 0 Å². The van der Waals surface area contributed by atoms with E-state index in [1.54, 1.807) is 0 Å². The lowest BCUT2D eigenvalue weighted by atomic mass is 9.73. The topological polar surface area (TPSA) is 23.6 Å². The maximum Gasteiger partial charge on any atom is 0.231 e. The van der Waals surface area contributed by atoms with Gasteiger partial charge < -0.3 is 4.90 Å². The Hall–Kier alpha value is -0.830. The summed E-state index contributed by atoms with van der Waals surface area (Å²) in [5.41, 5.74) is 1.37. The molecule has 3 nitrogen and oxygen atoms in total. The first-order valence-electron chi connectivity index (χ1n) is 7.60. The molecule has 3 atom stereocenters. The van der Waals surface area contributed by atoms with Crippen molar-refractivity contribution in [3.63, 3.8) is 0 Å². The lowest BCUT2D eigenvalue weighted by Gasteiger charge is -2.53. The summed E-state index contributed by atoms with van der Waals surface area (Å²) in [6.45, 7) is 3.40. The zero-order valence-electron chi connectivity index (χ0n) is 11.0. The molecule has 0 spiro atoms. The Morgan fingerprint density at radius 1 is 1.17 bits per heavy atom. The predicted molar refractivity (Wildman–Crippen MR) is 69.8 cm³/mol. The van der Waals surface area contributed by atoms with E-state index in [4.69, 9.17) is 0 Å². The molecule has 0 aromatic carbocycles. The normalized spacial score (nSPS) is 40.0. The van der Waals surface area contributed by atoms with Gasteiger partial charge in [0.25, 0.3) is 0 Å². The van der Waals surface area contributed by atoms with E-state index in [2.05, 4.69) is 15.9 Å². The van der Waals surface area contributed by atoms with E-state index >= 15 is 0 Å². The third-order valence-electron chi connectivity index (χ3n) is 5.37. The minimum atomic E-state index is 0.305. The molecule has 0 unspecified atom stereocenters. The van der Waals surface area contributed by atoms with Gasteiger partial charge in [0.1, 0.15) is 0 Å². The molecule has 0 radical (unpaired) electrons. The fourth-order valence-corrected chi connectivity index (χ4v) is 4.56. The van der Waals surface area contributed by atoms with Gasteiger partial charge in [0.15, 0.2) is 0 Å². The summed E-state index contributed by atoms with van der Waals surface area (Å²) >= 11 is 0. The van der Waals surface area contributed by atoms with Crippen LogP contribution in [0.2, 0.25) is 0 Å². The number of nitrogens with zero attached hydrogens (tertiary/aromatic N) is 2. The monoisotopic (exact) mass is 246 g/mol. The fourth-order valence-electron chi connectivity index (χ4n) is 4.56. The van der Waals surface area contributed by atoms with Crippen molar-refractivity contribution in [2.75, 3.05) is 19.6 Å². The summed E-state index contributed by atoms with van der Waals surface area (Å²) in [6, 6.07) is 0.561. The molecule has 4 heterocycles. The molecular weight excluding hydrogens is 224 g/mol. The lowest BCUT2D eigenvalue weighted by Crippen LogP contribution is -2.60. The van der Waals surface area contributed by atoms with Crippen molar-refractivity contribution >= 4 is 5.91 Å². The van der Waals surface area contributed by atoms with Crippen LogP contribution in [0.3, 0.4) is 0 Å². The molecule has 1 amide bonds. The van der Waals surface area contributed by atoms with E-state index in [1.165, 1.54) is 44.5 Å². The van der Waals surface area contributed by atoms with Gasteiger partial charge in [0.05, 0.1) is 5.92 Å². The second-order valence-corrected chi connectivity index (χ2v) is 6.36. The molecule has 3 heteroatoms. The Balaban J connectivity index is 1.69. The Kier molecular flexibility index (Phi) is 2.51. The van der Waals surface area contributed by atoms with Crippen molar-refractivity contribution < 1.29 is 4.79 Å². The minimum Gasteiger partial charge on any atom is -0.316 e. The lowest BCUT2D eigenvalue weighted by molar-refractivity contribution is -0.145. The summed E-state index contributed by atoms with van der Waals surface area (Å²) < 4.78 is 0. The summed E-state index contributed by atoms with van der Waals surface area (Å²) in [4.78, 5) is 17.4. The van der Waals surface area contributed by atoms with Gasteiger partial charge in [0, 0.05) is 30.7 Å². The zero-order valence-corrected chi connectivity index (χ0v) is 11.0. The largest absolute Gasteiger partial charge is 0.316 e. The van der Waals surface area contributed by atoms with Crippen LogP contribution in [0.1, 0.15) is 38.5 Å². The Morgan fingerprint density at radius 2 is 2.11 bits per heavy atom. The first-order valence-corrected chi connectivity index (χ1v) is 7.60. The molecule has 3 fully saturated rings. The SMILES string of the molecule is O=C1[C@@H]2C[C@H](CN3CCCC[C@@H]23)C2=CCCCN12. The molecule has 2 bridgehead atoms. The van der Waals surface area contributed by atoms with Gasteiger partial charge in [-0.3, -0.25) is 9.69 Å². The number of carbonyl (C=O) groups is 1. The first-order chi connectivity index (χ1) is 8.84. The molecular formula is C15H22N2O. The second kappa shape index (κ2) is 4.09. The maximum absolute atomic E-state index is 12.7. The number of piperidine rings is 3. The standard InChI is InChI=1S/C15H22N2O/c18-15-12-9-11(13-5-2-4-8-17(13)15)10-16-7-3-1-6-14(12)16/h5,11-12,14H,1-4,6-10H2/t11-,12-,14+/m1/s1. The van der Waals surface area contributed by atoms with E-state index in [0.717, 1.165) is 19.4 Å². The fraction of sp³-hybridized carbons (Fsp3) is 0.800. The van der Waals surface area contributed by atoms with Gasteiger partial charge in [-0.05, 0) is 38.6 Å². The van der Waals surface area contributed by atoms with Crippen LogP contribution in [0.15, 0.2) is 11.8 Å². The van der Waals surface area contributed by atoms with Gasteiger partial charge >= 0.3 is 0 Å². The third kappa shape index (κ3) is 1.49. The van der Waals surface area contributed by atoms with Crippen LogP contribution in [-0.4, -0.2) is 41.4 Å². The summed E-state index contributed by atoms with van der Waals surface area (Å²) in [5, 5.41) is 0. The number of amides is 1. The highest BCUT2D eigenvalue weighted by atomic mass is 16.2. The Morgan fingerprint density at radius 3 is 3.06 bits per heavy atom. The molecule has 98 valence electrons. The summed E-state index contributed by atoms with van der Waals surface area (Å²) in [5.74, 6) is 1.38. The number of allylic oxidation sites excluding steroid dienone is 1. The van der Waals surface area contributed by atoms with Gasteiger partial charge in [-0.15, -0.1) is 0 Å². The van der Waals surface area contributed by atoms with Crippen molar-refractivity contribution in [1.29, 1.82) is 0 Å². The number of rotatable bonds is 0. The Labute approximate surface area is 109 Å². The highest BCUT2D eigenvalue weighted by Crippen LogP contribution is 2.43. The molecule has 0 aliphatic carbocycles. The van der Waals surface area contributed by atoms with Crippen molar-refractivity contribution in [2.45, 2.75) is 44.6 Å². The first kappa shape index (κ1) is 11.0. The maximum atomic E-state index is 12.7. The number of carbonyl (C=O) groups excluding carboxylic acids is 1. The average molecular weight is 246 g/mol. The van der Waals surface area contributed by atoms with Crippen molar-refractivity contribution in [3.8, 4) is 0 Å². The quantitative estimate of drug-likeness (QED) is 0.652. The van der Waals surface area contributed by atoms with Gasteiger partial charge in [-0.25, -0.2) is 0 Å². The average Bonchev–Trinajstić information content (AvgIpc) is 2.44.